The Morgan fingerprint density at radius 2 is 1.77 bits per heavy atom. The average molecular weight is 449 g/mol. The van der Waals surface area contributed by atoms with Gasteiger partial charge in [0.15, 0.2) is 11.5 Å². The SMILES string of the molecule is O=C(Nc1ccc(S(=O)(=O)Nc2ccc3c(c2)OCO3)cc1F)c1ccccc1Cl. The number of hydrogen-bond acceptors (Lipinski definition) is 5. The van der Waals surface area contributed by atoms with Crippen molar-refractivity contribution < 1.29 is 27.1 Å². The molecule has 1 heterocycles. The molecule has 1 aliphatic heterocycles. The molecule has 7 nitrogen and oxygen atoms in total. The summed E-state index contributed by atoms with van der Waals surface area (Å²) in [5.41, 5.74) is 0.220. The van der Waals surface area contributed by atoms with Crippen LogP contribution in [0.1, 0.15) is 10.4 Å². The lowest BCUT2D eigenvalue weighted by molar-refractivity contribution is 0.102. The Bertz CT molecular complexity index is 1250. The molecule has 0 aliphatic carbocycles. The van der Waals surface area contributed by atoms with Gasteiger partial charge in [-0.25, -0.2) is 12.8 Å². The van der Waals surface area contributed by atoms with Crippen molar-refractivity contribution in [1.82, 2.24) is 0 Å². The van der Waals surface area contributed by atoms with Crippen molar-refractivity contribution in [1.29, 1.82) is 0 Å². The van der Waals surface area contributed by atoms with Crippen molar-refractivity contribution in [2.75, 3.05) is 16.8 Å². The Labute approximate surface area is 176 Å². The molecule has 0 unspecified atom stereocenters. The minimum absolute atomic E-state index is 0.0537. The van der Waals surface area contributed by atoms with E-state index in [4.69, 9.17) is 21.1 Å². The summed E-state index contributed by atoms with van der Waals surface area (Å²) in [7, 11) is -4.08. The second-order valence-electron chi connectivity index (χ2n) is 6.25. The second-order valence-corrected chi connectivity index (χ2v) is 8.34. The van der Waals surface area contributed by atoms with E-state index in [1.807, 2.05) is 0 Å². The van der Waals surface area contributed by atoms with Crippen molar-refractivity contribution in [3.8, 4) is 11.5 Å². The Kier molecular flexibility index (Phi) is 5.23. The molecule has 10 heteroatoms. The fraction of sp³-hybridized carbons (Fsp3) is 0.0500. The highest BCUT2D eigenvalue weighted by Crippen LogP contribution is 2.35. The van der Waals surface area contributed by atoms with Gasteiger partial charge in [-0.15, -0.1) is 0 Å². The van der Waals surface area contributed by atoms with Gasteiger partial charge in [0, 0.05) is 6.07 Å². The lowest BCUT2D eigenvalue weighted by atomic mass is 10.2. The van der Waals surface area contributed by atoms with Gasteiger partial charge in [0.25, 0.3) is 15.9 Å². The van der Waals surface area contributed by atoms with Crippen LogP contribution in [-0.4, -0.2) is 21.1 Å². The van der Waals surface area contributed by atoms with Crippen LogP contribution in [0.25, 0.3) is 0 Å². The normalized spacial score (nSPS) is 12.5. The summed E-state index contributed by atoms with van der Waals surface area (Å²) in [6.45, 7) is 0.0537. The van der Waals surface area contributed by atoms with Crippen LogP contribution in [0.4, 0.5) is 15.8 Å². The predicted octanol–water partition coefficient (Wildman–Crippen LogP) is 4.26. The number of carbonyl (C=O) groups excluding carboxylic acids is 1. The van der Waals surface area contributed by atoms with Gasteiger partial charge in [-0.1, -0.05) is 23.7 Å². The van der Waals surface area contributed by atoms with Crippen molar-refractivity contribution in [2.45, 2.75) is 4.90 Å². The Balaban J connectivity index is 1.53. The highest BCUT2D eigenvalue weighted by Gasteiger charge is 2.20. The van der Waals surface area contributed by atoms with E-state index in [1.54, 1.807) is 18.2 Å². The van der Waals surface area contributed by atoms with Crippen LogP contribution >= 0.6 is 11.6 Å². The number of amides is 1. The first-order valence-electron chi connectivity index (χ1n) is 8.61. The number of anilines is 2. The van der Waals surface area contributed by atoms with Gasteiger partial charge < -0.3 is 14.8 Å². The number of nitrogens with one attached hydrogen (secondary N) is 2. The third kappa shape index (κ3) is 4.03. The van der Waals surface area contributed by atoms with Crippen molar-refractivity contribution in [3.63, 3.8) is 0 Å². The fourth-order valence-electron chi connectivity index (χ4n) is 2.77. The number of hydrogen-bond donors (Lipinski definition) is 2. The van der Waals surface area contributed by atoms with Crippen LogP contribution in [0.5, 0.6) is 11.5 Å². The van der Waals surface area contributed by atoms with E-state index in [1.165, 1.54) is 30.3 Å². The molecule has 0 saturated heterocycles. The molecule has 1 amide bonds. The molecule has 0 fully saturated rings. The number of ether oxygens (including phenoxy) is 2. The van der Waals surface area contributed by atoms with Crippen molar-refractivity contribution in [3.05, 3.63) is 77.1 Å². The standard InChI is InChI=1S/C20H14ClFN2O5S/c21-15-4-2-1-3-14(15)20(25)23-17-7-6-13(10-16(17)22)30(26,27)24-12-5-8-18-19(9-12)29-11-28-18/h1-10,24H,11H2,(H,23,25). The van der Waals surface area contributed by atoms with Gasteiger partial charge >= 0.3 is 0 Å². The molecule has 0 saturated carbocycles. The largest absolute Gasteiger partial charge is 0.454 e. The molecular weight excluding hydrogens is 435 g/mol. The zero-order valence-electron chi connectivity index (χ0n) is 15.2. The number of halogens is 2. The molecule has 4 rings (SSSR count). The summed E-state index contributed by atoms with van der Waals surface area (Å²) in [5.74, 6) is -0.626. The van der Waals surface area contributed by atoms with E-state index >= 15 is 0 Å². The maximum absolute atomic E-state index is 14.5. The maximum Gasteiger partial charge on any atom is 0.262 e. The zero-order chi connectivity index (χ0) is 21.3. The summed E-state index contributed by atoms with van der Waals surface area (Å²) in [6.07, 6.45) is 0. The molecule has 0 spiro atoms. The first-order valence-corrected chi connectivity index (χ1v) is 10.5. The minimum Gasteiger partial charge on any atom is -0.454 e. The maximum atomic E-state index is 14.5. The third-order valence-electron chi connectivity index (χ3n) is 4.24. The van der Waals surface area contributed by atoms with Gasteiger partial charge in [0.2, 0.25) is 6.79 Å². The van der Waals surface area contributed by atoms with Gasteiger partial charge in [-0.2, -0.15) is 0 Å². The quantitative estimate of drug-likeness (QED) is 0.608. The predicted molar refractivity (Wildman–Crippen MR) is 109 cm³/mol. The third-order valence-corrected chi connectivity index (χ3v) is 5.95. The van der Waals surface area contributed by atoms with Gasteiger partial charge in [-0.05, 0) is 42.5 Å². The van der Waals surface area contributed by atoms with Crippen LogP contribution in [0.2, 0.25) is 5.02 Å². The molecule has 0 radical (unpaired) electrons. The molecule has 2 N–H and O–H groups in total. The van der Waals surface area contributed by atoms with Gasteiger partial charge in [0.1, 0.15) is 5.82 Å². The van der Waals surface area contributed by atoms with Gasteiger partial charge in [-0.3, -0.25) is 9.52 Å². The minimum atomic E-state index is -4.08. The summed E-state index contributed by atoms with van der Waals surface area (Å²) in [6, 6.07) is 14.0. The summed E-state index contributed by atoms with van der Waals surface area (Å²) in [4.78, 5) is 12.0. The number of benzene rings is 3. The van der Waals surface area contributed by atoms with Crippen molar-refractivity contribution >= 4 is 38.9 Å². The smallest absolute Gasteiger partial charge is 0.262 e. The molecule has 0 aromatic heterocycles. The van der Waals surface area contributed by atoms with Crippen LogP contribution in [-0.2, 0) is 10.0 Å². The molecule has 154 valence electrons. The monoisotopic (exact) mass is 448 g/mol. The molecule has 1 aliphatic rings. The summed E-state index contributed by atoms with van der Waals surface area (Å²) >= 11 is 5.96. The van der Waals surface area contributed by atoms with E-state index < -0.39 is 21.7 Å². The van der Waals surface area contributed by atoms with E-state index in [2.05, 4.69) is 10.0 Å². The Morgan fingerprint density at radius 3 is 2.53 bits per heavy atom. The number of fused-ring (bicyclic) bond motifs is 1. The number of rotatable bonds is 5. The highest BCUT2D eigenvalue weighted by atomic mass is 35.5. The van der Waals surface area contributed by atoms with Crippen LogP contribution < -0.4 is 19.5 Å². The molecule has 3 aromatic rings. The van der Waals surface area contributed by atoms with Crippen LogP contribution in [0.15, 0.2) is 65.6 Å². The highest BCUT2D eigenvalue weighted by molar-refractivity contribution is 7.92. The van der Waals surface area contributed by atoms with E-state index in [9.17, 15) is 17.6 Å². The van der Waals surface area contributed by atoms with Crippen molar-refractivity contribution in [2.24, 2.45) is 0 Å². The lowest BCUT2D eigenvalue weighted by Gasteiger charge is -2.11. The Hall–Kier alpha value is -3.30. The van der Waals surface area contributed by atoms with E-state index in [-0.39, 0.29) is 33.6 Å². The van der Waals surface area contributed by atoms with Crippen LogP contribution in [0, 0.1) is 5.82 Å². The first-order chi connectivity index (χ1) is 14.3. The molecule has 0 atom stereocenters. The lowest BCUT2D eigenvalue weighted by Crippen LogP contribution is -2.15. The van der Waals surface area contributed by atoms with E-state index in [0.717, 1.165) is 12.1 Å². The Morgan fingerprint density at radius 1 is 1.00 bits per heavy atom. The van der Waals surface area contributed by atoms with Crippen LogP contribution in [0.3, 0.4) is 0 Å². The first kappa shape index (κ1) is 20.0. The average Bonchev–Trinajstić information content (AvgIpc) is 3.17. The molecule has 3 aromatic carbocycles. The fourth-order valence-corrected chi connectivity index (χ4v) is 4.06. The number of carbonyl (C=O) groups is 1. The summed E-state index contributed by atoms with van der Waals surface area (Å²) < 4.78 is 52.4. The number of sulfonamides is 1. The topological polar surface area (TPSA) is 93.7 Å². The second kappa shape index (κ2) is 7.85. The zero-order valence-corrected chi connectivity index (χ0v) is 16.8. The summed E-state index contributed by atoms with van der Waals surface area (Å²) in [5, 5.41) is 2.59. The van der Waals surface area contributed by atoms with Gasteiger partial charge in [0.05, 0.1) is 26.9 Å². The molecular formula is C20H14ClFN2O5S. The molecule has 0 bridgehead atoms. The van der Waals surface area contributed by atoms with E-state index in [0.29, 0.717) is 11.5 Å². The molecule has 30 heavy (non-hydrogen) atoms.